The van der Waals surface area contributed by atoms with Crippen molar-refractivity contribution in [2.24, 2.45) is 0 Å². The molecule has 0 atom stereocenters. The maximum absolute atomic E-state index is 3.37. The molecule has 0 aliphatic rings. The molecule has 0 amide bonds. The fourth-order valence-corrected chi connectivity index (χ4v) is 1.81. The predicted molar refractivity (Wildman–Crippen MR) is 74.3 cm³/mol. The summed E-state index contributed by atoms with van der Waals surface area (Å²) in [6.45, 7) is 11.3. The molecule has 0 nitrogen and oxygen atoms in total. The van der Waals surface area contributed by atoms with E-state index < -0.39 is 8.07 Å². The smallest absolute Gasteiger partial charge is 0.126 e. The highest BCUT2D eigenvalue weighted by molar-refractivity contribution is 6.87. The highest BCUT2D eigenvalue weighted by Crippen LogP contribution is 2.35. The molecule has 0 fully saturated rings. The minimum absolute atomic E-state index is 0. The van der Waals surface area contributed by atoms with Crippen LogP contribution in [0.5, 0.6) is 0 Å². The SMILES string of the molecule is CC(C)(C)[Si](C)(C)C#CC([Si])=C=C=[Si].[Si]. The van der Waals surface area contributed by atoms with Crippen molar-refractivity contribution in [3.63, 3.8) is 0 Å². The van der Waals surface area contributed by atoms with E-state index >= 15 is 0 Å². The molecule has 0 aliphatic carbocycles. The van der Waals surface area contributed by atoms with E-state index in [2.05, 4.69) is 76.5 Å². The van der Waals surface area contributed by atoms with Crippen LogP contribution in [0.3, 0.4) is 0 Å². The van der Waals surface area contributed by atoms with E-state index in [0.717, 1.165) is 5.20 Å². The van der Waals surface area contributed by atoms with Crippen molar-refractivity contribution < 1.29 is 0 Å². The fraction of sp³-hybridized carbons (Fsp3) is 0.545. The molecule has 0 spiro atoms. The molecule has 0 bridgehead atoms. The minimum atomic E-state index is -1.49. The van der Waals surface area contributed by atoms with Gasteiger partial charge in [0.25, 0.3) is 0 Å². The molecule has 75 valence electrons. The highest BCUT2D eigenvalue weighted by atomic mass is 28.3. The molecule has 0 aromatic carbocycles. The van der Waals surface area contributed by atoms with Gasteiger partial charge in [-0.05, 0) is 5.04 Å². The van der Waals surface area contributed by atoms with Crippen LogP contribution >= 0.6 is 0 Å². The first-order chi connectivity index (χ1) is 6.20. The highest BCUT2D eigenvalue weighted by Gasteiger charge is 2.33. The molecule has 0 aromatic heterocycles. The normalized spacial score (nSPS) is 10.0. The molecule has 15 heavy (non-hydrogen) atoms. The second-order valence-electron chi connectivity index (χ2n) is 4.75. The van der Waals surface area contributed by atoms with Crippen molar-refractivity contribution in [3.05, 3.63) is 10.9 Å². The average Bonchev–Trinajstić information content (AvgIpc) is 1.99. The summed E-state index contributed by atoms with van der Waals surface area (Å²) in [5, 5.41) is 3.67. The van der Waals surface area contributed by atoms with Crippen molar-refractivity contribution in [3.8, 4) is 11.5 Å². The Bertz CT molecular complexity index is 350. The van der Waals surface area contributed by atoms with E-state index in [1.54, 1.807) is 0 Å². The summed E-state index contributed by atoms with van der Waals surface area (Å²) in [4.78, 5) is 0. The lowest BCUT2D eigenvalue weighted by Crippen LogP contribution is -2.35. The molecule has 0 saturated carbocycles. The minimum Gasteiger partial charge on any atom is -0.126 e. The number of hydrogen-bond acceptors (Lipinski definition) is 0. The molecule has 0 aromatic rings. The Morgan fingerprint density at radius 2 is 1.67 bits per heavy atom. The second kappa shape index (κ2) is 6.44. The van der Waals surface area contributed by atoms with E-state index in [1.165, 1.54) is 0 Å². The Balaban J connectivity index is 0. The molecular weight excluding hydrogens is 244 g/mol. The molecule has 0 aliphatic heterocycles. The van der Waals surface area contributed by atoms with Gasteiger partial charge >= 0.3 is 0 Å². The fourth-order valence-electron chi connectivity index (χ4n) is 0.500. The van der Waals surface area contributed by atoms with Gasteiger partial charge < -0.3 is 0 Å². The topological polar surface area (TPSA) is 0 Å². The Morgan fingerprint density at radius 1 is 1.20 bits per heavy atom. The first-order valence-corrected chi connectivity index (χ1v) is 8.50. The lowest BCUT2D eigenvalue weighted by Gasteiger charge is -2.31. The zero-order valence-electron chi connectivity index (χ0n) is 10.0. The van der Waals surface area contributed by atoms with Crippen LogP contribution in [-0.4, -0.2) is 44.5 Å². The average molecular weight is 260 g/mol. The van der Waals surface area contributed by atoms with Crippen LogP contribution in [0.15, 0.2) is 10.9 Å². The van der Waals surface area contributed by atoms with Crippen molar-refractivity contribution in [2.45, 2.75) is 38.9 Å². The summed E-state index contributed by atoms with van der Waals surface area (Å²) in [5.41, 5.74) is 6.17. The van der Waals surface area contributed by atoms with Crippen LogP contribution in [0.1, 0.15) is 20.8 Å². The molecule has 0 unspecified atom stereocenters. The summed E-state index contributed by atoms with van der Waals surface area (Å²) in [6, 6.07) is 0. The van der Waals surface area contributed by atoms with Gasteiger partial charge in [0, 0.05) is 16.2 Å². The van der Waals surface area contributed by atoms with E-state index in [4.69, 9.17) is 0 Å². The van der Waals surface area contributed by atoms with Gasteiger partial charge in [-0.25, -0.2) is 0 Å². The monoisotopic (exact) mass is 259 g/mol. The summed E-state index contributed by atoms with van der Waals surface area (Å²) in [5.74, 6) is 3.07. The van der Waals surface area contributed by atoms with Crippen LogP contribution in [0.25, 0.3) is 0 Å². The Hall–Kier alpha value is -0.142. The van der Waals surface area contributed by atoms with Gasteiger partial charge in [0.05, 0.1) is 10.2 Å². The maximum Gasteiger partial charge on any atom is 0.138 e. The third kappa shape index (κ3) is 6.11. The number of allylic oxidation sites excluding steroid dienone is 1. The first kappa shape index (κ1) is 17.3. The zero-order chi connectivity index (χ0) is 11.4. The Labute approximate surface area is 106 Å². The quantitative estimate of drug-likeness (QED) is 0.351. The molecule has 0 N–H and O–H groups in total. The standard InChI is InChI=1S/C11H15Si3.Si/c1-11(2,3)14(4,5)9-7-10(13)6-8-12;/h1-5H3;. The van der Waals surface area contributed by atoms with Crippen LogP contribution in [-0.2, 0) is 0 Å². The Kier molecular flexibility index (Phi) is 7.41. The lowest BCUT2D eigenvalue weighted by molar-refractivity contribution is 0.731. The molecule has 9 radical (unpaired) electrons. The van der Waals surface area contributed by atoms with Gasteiger partial charge in [-0.3, -0.25) is 0 Å². The van der Waals surface area contributed by atoms with Gasteiger partial charge in [-0.1, -0.05) is 45.5 Å². The van der Waals surface area contributed by atoms with E-state index in [9.17, 15) is 0 Å². The number of hydrogen-bond donors (Lipinski definition) is 0. The zero-order valence-corrected chi connectivity index (χ0v) is 14.0. The summed E-state index contributed by atoms with van der Waals surface area (Å²) < 4.78 is 0. The molecule has 4 heteroatoms. The maximum atomic E-state index is 3.37. The van der Waals surface area contributed by atoms with Crippen molar-refractivity contribution in [1.29, 1.82) is 0 Å². The largest absolute Gasteiger partial charge is 0.138 e. The Morgan fingerprint density at radius 3 is 2.00 bits per heavy atom. The second-order valence-corrected chi connectivity index (χ2v) is 10.5. The lowest BCUT2D eigenvalue weighted by atomic mass is 10.2. The van der Waals surface area contributed by atoms with E-state index in [0.29, 0.717) is 5.04 Å². The summed E-state index contributed by atoms with van der Waals surface area (Å²) >= 11 is 0. The first-order valence-electron chi connectivity index (χ1n) is 4.50. The van der Waals surface area contributed by atoms with Crippen LogP contribution in [0.2, 0.25) is 18.1 Å². The van der Waals surface area contributed by atoms with E-state index in [-0.39, 0.29) is 11.0 Å². The molecule has 0 heterocycles. The molecule has 0 saturated heterocycles. The van der Waals surface area contributed by atoms with Gasteiger partial charge in [0.1, 0.15) is 17.9 Å². The third-order valence-electron chi connectivity index (χ3n) is 2.56. The van der Waals surface area contributed by atoms with Crippen LogP contribution in [0, 0.1) is 11.5 Å². The van der Waals surface area contributed by atoms with Gasteiger partial charge in [0.2, 0.25) is 0 Å². The summed E-state index contributed by atoms with van der Waals surface area (Å²) in [7, 11) is 4.96. The van der Waals surface area contributed by atoms with Crippen molar-refractivity contribution in [1.82, 2.24) is 0 Å². The van der Waals surface area contributed by atoms with Crippen molar-refractivity contribution in [2.75, 3.05) is 0 Å². The molecule has 0 rings (SSSR count). The van der Waals surface area contributed by atoms with Gasteiger partial charge in [0.15, 0.2) is 0 Å². The van der Waals surface area contributed by atoms with E-state index in [1.807, 2.05) is 0 Å². The van der Waals surface area contributed by atoms with Gasteiger partial charge in [-0.15, -0.1) is 10.9 Å². The predicted octanol–water partition coefficient (Wildman–Crippen LogP) is 1.43. The van der Waals surface area contributed by atoms with Crippen LogP contribution in [0.4, 0.5) is 0 Å². The van der Waals surface area contributed by atoms with Gasteiger partial charge in [-0.2, -0.15) is 0 Å². The summed E-state index contributed by atoms with van der Waals surface area (Å²) in [6.07, 6.45) is 0. The molecular formula is C11H15Si4. The number of rotatable bonds is 0. The van der Waals surface area contributed by atoms with Crippen molar-refractivity contribution >= 4 is 44.5 Å². The third-order valence-corrected chi connectivity index (χ3v) is 7.44. The van der Waals surface area contributed by atoms with Crippen LogP contribution < -0.4 is 0 Å².